The molecule has 3 fully saturated rings. The van der Waals surface area contributed by atoms with E-state index in [2.05, 4.69) is 49.0 Å². The normalized spacial score (nSPS) is 37.5. The highest BCUT2D eigenvalue weighted by Crippen LogP contribution is 2.59. The second-order valence-corrected chi connectivity index (χ2v) is 9.89. The summed E-state index contributed by atoms with van der Waals surface area (Å²) >= 11 is 0. The van der Waals surface area contributed by atoms with Crippen molar-refractivity contribution in [3.8, 4) is 5.75 Å². The van der Waals surface area contributed by atoms with Crippen molar-refractivity contribution in [1.29, 1.82) is 0 Å². The van der Waals surface area contributed by atoms with Gasteiger partial charge in [-0.1, -0.05) is 13.0 Å². The van der Waals surface area contributed by atoms with Crippen LogP contribution in [0.2, 0.25) is 0 Å². The van der Waals surface area contributed by atoms with Crippen molar-refractivity contribution in [2.24, 2.45) is 5.92 Å². The van der Waals surface area contributed by atoms with Gasteiger partial charge in [-0.05, 0) is 88.3 Å². The highest BCUT2D eigenvalue weighted by molar-refractivity contribution is 5.49. The zero-order valence-corrected chi connectivity index (χ0v) is 18.0. The van der Waals surface area contributed by atoms with Crippen LogP contribution in [-0.4, -0.2) is 68.4 Å². The fourth-order valence-electron chi connectivity index (χ4n) is 6.67. The highest BCUT2D eigenvalue weighted by Gasteiger charge is 2.65. The lowest BCUT2D eigenvalue weighted by Gasteiger charge is -2.67. The number of nitrogens with zero attached hydrogens (tertiary/aromatic N) is 2. The quantitative estimate of drug-likeness (QED) is 0.776. The molecule has 2 aliphatic carbocycles. The Bertz CT molecular complexity index is 746. The fourth-order valence-corrected chi connectivity index (χ4v) is 6.67. The van der Waals surface area contributed by atoms with Crippen molar-refractivity contribution in [2.45, 2.75) is 68.5 Å². The van der Waals surface area contributed by atoms with Gasteiger partial charge in [0.05, 0.1) is 19.3 Å². The number of benzene rings is 1. The molecule has 4 atom stereocenters. The van der Waals surface area contributed by atoms with Crippen LogP contribution in [0.15, 0.2) is 18.2 Å². The molecule has 2 bridgehead atoms. The lowest BCUT2D eigenvalue weighted by Crippen LogP contribution is -2.75. The number of likely N-dealkylation sites (tertiary alicyclic amines) is 1. The second kappa shape index (κ2) is 6.72. The molecule has 0 aromatic heterocycles. The van der Waals surface area contributed by atoms with Gasteiger partial charge >= 0.3 is 0 Å². The first-order valence-corrected chi connectivity index (χ1v) is 11.2. The van der Waals surface area contributed by atoms with Gasteiger partial charge in [0.15, 0.2) is 0 Å². The minimum absolute atomic E-state index is 0.0635. The van der Waals surface area contributed by atoms with Crippen molar-refractivity contribution < 1.29 is 9.47 Å². The SMILES string of the molecule is CC[C@]12OCC(N(C)C)C[C@@]13CCN(CC1CC1)[C@@H]2Cc1ccc(OC)cc13. The Kier molecular flexibility index (Phi) is 4.53. The third kappa shape index (κ3) is 2.60. The number of hydrogen-bond acceptors (Lipinski definition) is 4. The predicted molar refractivity (Wildman–Crippen MR) is 112 cm³/mol. The molecule has 1 aromatic carbocycles. The van der Waals surface area contributed by atoms with Crippen LogP contribution >= 0.6 is 0 Å². The van der Waals surface area contributed by atoms with E-state index in [-0.39, 0.29) is 11.0 Å². The molecule has 0 spiro atoms. The van der Waals surface area contributed by atoms with Gasteiger partial charge < -0.3 is 14.4 Å². The molecule has 0 amide bonds. The summed E-state index contributed by atoms with van der Waals surface area (Å²) in [5.74, 6) is 1.92. The zero-order valence-electron chi connectivity index (χ0n) is 18.0. The van der Waals surface area contributed by atoms with Crippen molar-refractivity contribution in [3.63, 3.8) is 0 Å². The first-order chi connectivity index (χ1) is 13.5. The minimum atomic E-state index is -0.0635. The molecule has 0 radical (unpaired) electrons. The summed E-state index contributed by atoms with van der Waals surface area (Å²) in [5, 5.41) is 0. The summed E-state index contributed by atoms with van der Waals surface area (Å²) in [7, 11) is 6.20. The Morgan fingerprint density at radius 3 is 2.79 bits per heavy atom. The number of hydrogen-bond donors (Lipinski definition) is 0. The number of piperidine rings is 1. The lowest BCUT2D eigenvalue weighted by atomic mass is 9.50. The van der Waals surface area contributed by atoms with Gasteiger partial charge in [-0.3, -0.25) is 4.90 Å². The maximum atomic E-state index is 6.99. The molecule has 4 heteroatoms. The van der Waals surface area contributed by atoms with Crippen LogP contribution in [0.4, 0.5) is 0 Å². The highest BCUT2D eigenvalue weighted by atomic mass is 16.5. The topological polar surface area (TPSA) is 24.9 Å². The van der Waals surface area contributed by atoms with E-state index in [0.717, 1.165) is 31.1 Å². The van der Waals surface area contributed by atoms with Crippen LogP contribution in [0.5, 0.6) is 5.75 Å². The maximum Gasteiger partial charge on any atom is 0.119 e. The van der Waals surface area contributed by atoms with Crippen LogP contribution < -0.4 is 4.74 Å². The average molecular weight is 385 g/mol. The smallest absolute Gasteiger partial charge is 0.119 e. The number of likely N-dealkylation sites (N-methyl/N-ethyl adjacent to an activating group) is 1. The summed E-state index contributed by atoms with van der Waals surface area (Å²) in [6.45, 7) is 5.71. The number of rotatable bonds is 5. The summed E-state index contributed by atoms with van der Waals surface area (Å²) in [4.78, 5) is 5.18. The molecular formula is C24H36N2O2. The molecule has 0 N–H and O–H groups in total. The Labute approximate surface area is 170 Å². The second-order valence-electron chi connectivity index (χ2n) is 9.89. The van der Waals surface area contributed by atoms with Crippen molar-refractivity contribution in [3.05, 3.63) is 29.3 Å². The molecule has 4 nitrogen and oxygen atoms in total. The molecule has 1 saturated carbocycles. The van der Waals surface area contributed by atoms with Gasteiger partial charge in [0.1, 0.15) is 5.75 Å². The average Bonchev–Trinajstić information content (AvgIpc) is 3.53. The summed E-state index contributed by atoms with van der Waals surface area (Å²) < 4.78 is 12.6. The largest absolute Gasteiger partial charge is 0.497 e. The molecule has 1 aromatic rings. The molecular weight excluding hydrogens is 348 g/mol. The van der Waals surface area contributed by atoms with E-state index < -0.39 is 0 Å². The number of ether oxygens (including phenoxy) is 2. The van der Waals surface area contributed by atoms with Crippen molar-refractivity contribution >= 4 is 0 Å². The molecule has 28 heavy (non-hydrogen) atoms. The van der Waals surface area contributed by atoms with E-state index in [9.17, 15) is 0 Å². The predicted octanol–water partition coefficient (Wildman–Crippen LogP) is 3.47. The van der Waals surface area contributed by atoms with Crippen LogP contribution in [0.25, 0.3) is 0 Å². The third-order valence-electron chi connectivity index (χ3n) is 8.42. The van der Waals surface area contributed by atoms with E-state index in [1.165, 1.54) is 49.9 Å². The number of methoxy groups -OCH3 is 1. The van der Waals surface area contributed by atoms with Crippen molar-refractivity contribution in [2.75, 3.05) is 40.9 Å². The molecule has 1 unspecified atom stereocenters. The van der Waals surface area contributed by atoms with Gasteiger partial charge in [0.2, 0.25) is 0 Å². The molecule has 2 aliphatic heterocycles. The van der Waals surface area contributed by atoms with Gasteiger partial charge in [0, 0.05) is 24.0 Å². The Balaban J connectivity index is 1.64. The minimum Gasteiger partial charge on any atom is -0.497 e. The van der Waals surface area contributed by atoms with Crippen LogP contribution in [0.1, 0.15) is 50.2 Å². The summed E-state index contributed by atoms with van der Waals surface area (Å²) in [5.41, 5.74) is 3.08. The van der Waals surface area contributed by atoms with Crippen LogP contribution in [0.3, 0.4) is 0 Å². The van der Waals surface area contributed by atoms with Gasteiger partial charge in [0.25, 0.3) is 0 Å². The van der Waals surface area contributed by atoms with E-state index in [0.29, 0.717) is 12.1 Å². The molecule has 4 aliphatic rings. The standard InChI is InChI=1S/C24H36N2O2/c1-5-24-22-12-18-8-9-20(27-4)13-21(18)23(24,14-19(16-28-24)25(2)3)10-11-26(22)15-17-6-7-17/h8-9,13,17,19,22H,5-7,10-12,14-16H2,1-4H3/t19?,22-,23-,24-/m1/s1. The zero-order chi connectivity index (χ0) is 19.5. The fraction of sp³-hybridized carbons (Fsp3) is 0.750. The summed E-state index contributed by atoms with van der Waals surface area (Å²) in [6, 6.07) is 7.82. The van der Waals surface area contributed by atoms with Crippen LogP contribution in [-0.2, 0) is 16.6 Å². The van der Waals surface area contributed by atoms with Gasteiger partial charge in [-0.2, -0.15) is 0 Å². The molecule has 2 saturated heterocycles. The Morgan fingerprint density at radius 1 is 1.29 bits per heavy atom. The Morgan fingerprint density at radius 2 is 2.11 bits per heavy atom. The monoisotopic (exact) mass is 384 g/mol. The van der Waals surface area contributed by atoms with E-state index in [1.807, 2.05) is 0 Å². The van der Waals surface area contributed by atoms with Gasteiger partial charge in [-0.15, -0.1) is 0 Å². The van der Waals surface area contributed by atoms with E-state index in [4.69, 9.17) is 9.47 Å². The summed E-state index contributed by atoms with van der Waals surface area (Å²) in [6.07, 6.45) is 7.45. The van der Waals surface area contributed by atoms with E-state index >= 15 is 0 Å². The molecule has 154 valence electrons. The van der Waals surface area contributed by atoms with Crippen molar-refractivity contribution in [1.82, 2.24) is 9.80 Å². The lowest BCUT2D eigenvalue weighted by molar-refractivity contribution is -0.224. The number of fused-ring (bicyclic) bond motifs is 1. The van der Waals surface area contributed by atoms with Crippen LogP contribution in [0, 0.1) is 5.92 Å². The van der Waals surface area contributed by atoms with E-state index in [1.54, 1.807) is 7.11 Å². The maximum absolute atomic E-state index is 6.99. The first kappa shape index (κ1) is 18.9. The van der Waals surface area contributed by atoms with Gasteiger partial charge in [-0.25, -0.2) is 0 Å². The first-order valence-electron chi connectivity index (χ1n) is 11.2. The molecule has 2 heterocycles. The Hall–Kier alpha value is -1.10. The molecule has 5 rings (SSSR count). The third-order valence-corrected chi connectivity index (χ3v) is 8.42.